The first-order valence-electron chi connectivity index (χ1n) is 7.22. The number of carbonyl (C=O) groups is 2. The molecule has 1 N–H and O–H groups in total. The highest BCUT2D eigenvalue weighted by Crippen LogP contribution is 2.30. The molecule has 2 aliphatic rings. The summed E-state index contributed by atoms with van der Waals surface area (Å²) < 4.78 is 1.65. The first kappa shape index (κ1) is 13.1. The summed E-state index contributed by atoms with van der Waals surface area (Å²) in [5.74, 6) is 0.458. The van der Waals surface area contributed by atoms with Gasteiger partial charge in [-0.05, 0) is 32.6 Å². The predicted molar refractivity (Wildman–Crippen MR) is 73.5 cm³/mol. The maximum Gasteiger partial charge on any atom is 0.272 e. The Morgan fingerprint density at radius 3 is 2.85 bits per heavy atom. The van der Waals surface area contributed by atoms with Crippen LogP contribution in [0.4, 0.5) is 0 Å². The number of hydrogen-bond acceptors (Lipinski definition) is 3. The van der Waals surface area contributed by atoms with Gasteiger partial charge in [-0.15, -0.1) is 0 Å². The molecular weight excluding hydrogens is 256 g/mol. The quantitative estimate of drug-likeness (QED) is 0.888. The molecule has 0 aromatic carbocycles. The zero-order valence-electron chi connectivity index (χ0n) is 11.9. The summed E-state index contributed by atoms with van der Waals surface area (Å²) in [6.07, 6.45) is 2.45. The number of carbonyl (C=O) groups excluding carboxylic acids is 2. The minimum absolute atomic E-state index is 0.000697. The average Bonchev–Trinajstić information content (AvgIpc) is 3.08. The van der Waals surface area contributed by atoms with Crippen LogP contribution < -0.4 is 5.32 Å². The highest BCUT2D eigenvalue weighted by molar-refractivity contribution is 5.98. The summed E-state index contributed by atoms with van der Waals surface area (Å²) in [7, 11) is 0. The Morgan fingerprint density at radius 2 is 2.20 bits per heavy atom. The molecule has 0 spiro atoms. The van der Waals surface area contributed by atoms with Crippen molar-refractivity contribution in [1.82, 2.24) is 20.0 Å². The molecular formula is C14H20N4O2. The standard InChI is InChI=1S/C14H20N4O2/c1-9(2)15-13(19)11-7-12-14(20)17(8-10-3-4-10)5-6-18(12)16-11/h7,9-10H,3-6,8H2,1-2H3,(H,15,19). The molecule has 0 bridgehead atoms. The molecule has 0 unspecified atom stereocenters. The fraction of sp³-hybridized carbons (Fsp3) is 0.643. The highest BCUT2D eigenvalue weighted by atomic mass is 16.2. The van der Waals surface area contributed by atoms with E-state index in [1.54, 1.807) is 10.7 Å². The van der Waals surface area contributed by atoms with E-state index in [-0.39, 0.29) is 17.9 Å². The Balaban J connectivity index is 1.76. The summed E-state index contributed by atoms with van der Waals surface area (Å²) in [5, 5.41) is 7.04. The second-order valence-electron chi connectivity index (χ2n) is 5.96. The monoisotopic (exact) mass is 276 g/mol. The van der Waals surface area contributed by atoms with Crippen molar-refractivity contribution in [3.05, 3.63) is 17.5 Å². The van der Waals surface area contributed by atoms with E-state index in [1.165, 1.54) is 12.8 Å². The van der Waals surface area contributed by atoms with E-state index in [1.807, 2.05) is 18.7 Å². The van der Waals surface area contributed by atoms with Crippen molar-refractivity contribution in [3.8, 4) is 0 Å². The third-order valence-electron chi connectivity index (χ3n) is 3.70. The second kappa shape index (κ2) is 4.92. The smallest absolute Gasteiger partial charge is 0.272 e. The van der Waals surface area contributed by atoms with Crippen LogP contribution in [0, 0.1) is 5.92 Å². The SMILES string of the molecule is CC(C)NC(=O)c1cc2n(n1)CCN(CC1CC1)C2=O. The van der Waals surface area contributed by atoms with Gasteiger partial charge in [0, 0.05) is 25.2 Å². The van der Waals surface area contributed by atoms with Crippen molar-refractivity contribution in [2.24, 2.45) is 5.92 Å². The van der Waals surface area contributed by atoms with Gasteiger partial charge in [0.15, 0.2) is 5.69 Å². The van der Waals surface area contributed by atoms with E-state index in [0.717, 1.165) is 6.54 Å². The largest absolute Gasteiger partial charge is 0.348 e. The summed E-state index contributed by atoms with van der Waals surface area (Å²) in [4.78, 5) is 26.2. The molecule has 6 heteroatoms. The second-order valence-corrected chi connectivity index (χ2v) is 5.96. The Labute approximate surface area is 118 Å². The molecule has 1 saturated carbocycles. The van der Waals surface area contributed by atoms with E-state index in [2.05, 4.69) is 10.4 Å². The molecule has 2 amide bonds. The molecule has 2 heterocycles. The van der Waals surface area contributed by atoms with Crippen LogP contribution in [0.15, 0.2) is 6.07 Å². The predicted octanol–water partition coefficient (Wildman–Crippen LogP) is 0.887. The van der Waals surface area contributed by atoms with Gasteiger partial charge in [-0.2, -0.15) is 5.10 Å². The van der Waals surface area contributed by atoms with Crippen molar-refractivity contribution in [3.63, 3.8) is 0 Å². The van der Waals surface area contributed by atoms with E-state index in [9.17, 15) is 9.59 Å². The average molecular weight is 276 g/mol. The van der Waals surface area contributed by atoms with Gasteiger partial charge in [0.1, 0.15) is 5.69 Å². The van der Waals surface area contributed by atoms with Gasteiger partial charge >= 0.3 is 0 Å². The Morgan fingerprint density at radius 1 is 1.45 bits per heavy atom. The number of hydrogen-bond donors (Lipinski definition) is 1. The van der Waals surface area contributed by atoms with Crippen LogP contribution in [0.2, 0.25) is 0 Å². The van der Waals surface area contributed by atoms with Gasteiger partial charge in [-0.25, -0.2) is 0 Å². The summed E-state index contributed by atoms with van der Waals surface area (Å²) in [5.41, 5.74) is 0.862. The van der Waals surface area contributed by atoms with E-state index < -0.39 is 0 Å². The van der Waals surface area contributed by atoms with Crippen molar-refractivity contribution in [2.45, 2.75) is 39.3 Å². The number of nitrogens with one attached hydrogen (secondary N) is 1. The van der Waals surface area contributed by atoms with Gasteiger partial charge in [0.05, 0.1) is 6.54 Å². The van der Waals surface area contributed by atoms with Crippen LogP contribution in [0.25, 0.3) is 0 Å². The lowest BCUT2D eigenvalue weighted by atomic mass is 10.2. The lowest BCUT2D eigenvalue weighted by Crippen LogP contribution is -2.41. The minimum atomic E-state index is -0.219. The molecule has 1 aliphatic carbocycles. The summed E-state index contributed by atoms with van der Waals surface area (Å²) >= 11 is 0. The third kappa shape index (κ3) is 2.55. The number of amides is 2. The molecule has 108 valence electrons. The number of rotatable bonds is 4. The van der Waals surface area contributed by atoms with Crippen LogP contribution in [-0.4, -0.2) is 45.6 Å². The van der Waals surface area contributed by atoms with Gasteiger partial charge in [0.2, 0.25) is 0 Å². The van der Waals surface area contributed by atoms with Gasteiger partial charge in [-0.3, -0.25) is 14.3 Å². The van der Waals surface area contributed by atoms with Crippen molar-refractivity contribution in [1.29, 1.82) is 0 Å². The first-order chi connectivity index (χ1) is 9.54. The molecule has 1 aromatic heterocycles. The van der Waals surface area contributed by atoms with Gasteiger partial charge in [0.25, 0.3) is 11.8 Å². The molecule has 0 atom stereocenters. The first-order valence-corrected chi connectivity index (χ1v) is 7.22. The maximum absolute atomic E-state index is 12.4. The van der Waals surface area contributed by atoms with Crippen molar-refractivity contribution in [2.75, 3.05) is 13.1 Å². The third-order valence-corrected chi connectivity index (χ3v) is 3.70. The lowest BCUT2D eigenvalue weighted by molar-refractivity contribution is 0.0688. The van der Waals surface area contributed by atoms with Gasteiger partial charge in [-0.1, -0.05) is 0 Å². The molecule has 1 aliphatic heterocycles. The zero-order chi connectivity index (χ0) is 14.3. The molecule has 1 aromatic rings. The lowest BCUT2D eigenvalue weighted by Gasteiger charge is -2.27. The Hall–Kier alpha value is -1.85. The van der Waals surface area contributed by atoms with Crippen molar-refractivity contribution >= 4 is 11.8 Å². The minimum Gasteiger partial charge on any atom is -0.348 e. The van der Waals surface area contributed by atoms with E-state index in [0.29, 0.717) is 30.4 Å². The Bertz CT molecular complexity index is 545. The topological polar surface area (TPSA) is 67.2 Å². The fourth-order valence-electron chi connectivity index (χ4n) is 2.47. The maximum atomic E-state index is 12.4. The number of fused-ring (bicyclic) bond motifs is 1. The normalized spacial score (nSPS) is 18.4. The van der Waals surface area contributed by atoms with Crippen LogP contribution in [0.1, 0.15) is 47.7 Å². The molecule has 20 heavy (non-hydrogen) atoms. The number of aromatic nitrogens is 2. The van der Waals surface area contributed by atoms with Crippen LogP contribution in [0.3, 0.4) is 0 Å². The van der Waals surface area contributed by atoms with Crippen LogP contribution in [0.5, 0.6) is 0 Å². The Kier molecular flexibility index (Phi) is 3.23. The zero-order valence-corrected chi connectivity index (χ0v) is 11.9. The molecule has 3 rings (SSSR count). The van der Waals surface area contributed by atoms with Gasteiger partial charge < -0.3 is 10.2 Å². The van der Waals surface area contributed by atoms with Crippen molar-refractivity contribution < 1.29 is 9.59 Å². The number of nitrogens with zero attached hydrogens (tertiary/aromatic N) is 3. The summed E-state index contributed by atoms with van der Waals surface area (Å²) in [6, 6.07) is 1.67. The summed E-state index contributed by atoms with van der Waals surface area (Å²) in [6.45, 7) is 6.00. The van der Waals surface area contributed by atoms with E-state index >= 15 is 0 Å². The molecule has 6 nitrogen and oxygen atoms in total. The van der Waals surface area contributed by atoms with Crippen LogP contribution in [-0.2, 0) is 6.54 Å². The fourth-order valence-corrected chi connectivity index (χ4v) is 2.47. The van der Waals surface area contributed by atoms with Crippen LogP contribution >= 0.6 is 0 Å². The molecule has 0 saturated heterocycles. The molecule has 1 fully saturated rings. The molecule has 0 radical (unpaired) electrons. The highest BCUT2D eigenvalue weighted by Gasteiger charge is 2.32. The van der Waals surface area contributed by atoms with E-state index in [4.69, 9.17) is 0 Å².